The van der Waals surface area contributed by atoms with Crippen molar-refractivity contribution in [2.45, 2.75) is 13.5 Å². The van der Waals surface area contributed by atoms with E-state index in [-0.39, 0.29) is 11.4 Å². The second-order valence-electron chi connectivity index (χ2n) is 6.22. The summed E-state index contributed by atoms with van der Waals surface area (Å²) in [4.78, 5) is 16.2. The standard InChI is InChI=1S/C20H15BrN4O2S/c1-12-3-2-4-14(7-12)10-27-17-6-5-13(9-16(17)21)8-15-18(22)25-20(24-19(15)26)28-11-23-25/h2-9,11,22H,10H2,1H3. The van der Waals surface area contributed by atoms with Crippen molar-refractivity contribution >= 4 is 56.2 Å². The number of nitrogens with zero attached hydrogens (tertiary/aromatic N) is 3. The first kappa shape index (κ1) is 18.6. The predicted molar refractivity (Wildman–Crippen MR) is 116 cm³/mol. The number of thioether (sulfide) groups is 1. The third-order valence-corrected chi connectivity index (χ3v) is 5.43. The van der Waals surface area contributed by atoms with Crippen molar-refractivity contribution in [1.29, 1.82) is 5.41 Å². The minimum absolute atomic E-state index is 0.0205. The van der Waals surface area contributed by atoms with Gasteiger partial charge in [0.25, 0.3) is 5.91 Å². The highest BCUT2D eigenvalue weighted by molar-refractivity contribution is 9.10. The second kappa shape index (κ2) is 7.73. The number of nitrogens with one attached hydrogen (secondary N) is 1. The Balaban J connectivity index is 1.53. The summed E-state index contributed by atoms with van der Waals surface area (Å²) in [6.07, 6.45) is 1.64. The Hall–Kier alpha value is -2.71. The van der Waals surface area contributed by atoms with Crippen LogP contribution in [0.3, 0.4) is 0 Å². The average Bonchev–Trinajstić information content (AvgIpc) is 3.13. The van der Waals surface area contributed by atoms with Crippen molar-refractivity contribution in [3.05, 3.63) is 69.2 Å². The van der Waals surface area contributed by atoms with E-state index >= 15 is 0 Å². The van der Waals surface area contributed by atoms with Crippen LogP contribution < -0.4 is 4.74 Å². The molecule has 0 radical (unpaired) electrons. The van der Waals surface area contributed by atoms with E-state index in [0.717, 1.165) is 15.6 Å². The number of hydrogen-bond donors (Lipinski definition) is 1. The molecule has 2 heterocycles. The van der Waals surface area contributed by atoms with Crippen LogP contribution in [0.15, 0.2) is 62.6 Å². The average molecular weight is 455 g/mol. The first-order chi connectivity index (χ1) is 13.5. The van der Waals surface area contributed by atoms with E-state index in [1.807, 2.05) is 43.3 Å². The molecule has 6 nitrogen and oxygen atoms in total. The van der Waals surface area contributed by atoms with Crippen LogP contribution in [0.2, 0.25) is 0 Å². The van der Waals surface area contributed by atoms with Crippen LogP contribution in [0.4, 0.5) is 0 Å². The first-order valence-electron chi connectivity index (χ1n) is 8.42. The van der Waals surface area contributed by atoms with Gasteiger partial charge in [0.2, 0.25) is 0 Å². The number of fused-ring (bicyclic) bond motifs is 1. The van der Waals surface area contributed by atoms with Gasteiger partial charge in [0, 0.05) is 0 Å². The molecule has 1 amide bonds. The molecule has 2 aliphatic heterocycles. The molecular weight excluding hydrogens is 440 g/mol. The smallest absolute Gasteiger partial charge is 0.283 e. The lowest BCUT2D eigenvalue weighted by Gasteiger charge is -2.20. The number of amides is 1. The van der Waals surface area contributed by atoms with E-state index < -0.39 is 5.91 Å². The number of carbonyl (C=O) groups excluding carboxylic acids is 1. The summed E-state index contributed by atoms with van der Waals surface area (Å²) < 4.78 is 6.66. The van der Waals surface area contributed by atoms with Gasteiger partial charge in [-0.2, -0.15) is 15.1 Å². The zero-order valence-electron chi connectivity index (χ0n) is 14.8. The maximum absolute atomic E-state index is 12.3. The van der Waals surface area contributed by atoms with Crippen LogP contribution in [-0.4, -0.2) is 27.5 Å². The fraction of sp³-hybridized carbons (Fsp3) is 0.100. The van der Waals surface area contributed by atoms with Crippen LogP contribution in [0.25, 0.3) is 6.08 Å². The van der Waals surface area contributed by atoms with Crippen LogP contribution in [0.1, 0.15) is 16.7 Å². The van der Waals surface area contributed by atoms with Crippen LogP contribution in [0, 0.1) is 12.3 Å². The molecule has 1 N–H and O–H groups in total. The monoisotopic (exact) mass is 454 g/mol. The molecule has 0 bridgehead atoms. The molecule has 0 atom stereocenters. The summed E-state index contributed by atoms with van der Waals surface area (Å²) >= 11 is 4.74. The van der Waals surface area contributed by atoms with Gasteiger partial charge in [0.05, 0.1) is 15.6 Å². The SMILES string of the molecule is Cc1cccc(COc2ccc(C=C3C(=N)N4N=CSC4=NC3=O)cc2Br)c1. The third-order valence-electron chi connectivity index (χ3n) is 4.14. The quantitative estimate of drug-likeness (QED) is 0.685. The Kier molecular flexibility index (Phi) is 5.15. The van der Waals surface area contributed by atoms with Crippen molar-refractivity contribution in [3.8, 4) is 5.75 Å². The fourth-order valence-electron chi connectivity index (χ4n) is 2.79. The van der Waals surface area contributed by atoms with Gasteiger partial charge in [-0.25, -0.2) is 0 Å². The van der Waals surface area contributed by atoms with Crippen LogP contribution in [-0.2, 0) is 11.4 Å². The fourth-order valence-corrected chi connectivity index (χ4v) is 3.91. The largest absolute Gasteiger partial charge is 0.488 e. The molecule has 0 saturated carbocycles. The van der Waals surface area contributed by atoms with Gasteiger partial charge in [0.15, 0.2) is 11.0 Å². The zero-order chi connectivity index (χ0) is 19.7. The molecule has 0 fully saturated rings. The summed E-state index contributed by atoms with van der Waals surface area (Å²) in [7, 11) is 0. The molecule has 0 aliphatic carbocycles. The number of rotatable bonds is 4. The molecule has 0 spiro atoms. The Morgan fingerprint density at radius 3 is 2.93 bits per heavy atom. The van der Waals surface area contributed by atoms with Gasteiger partial charge in [-0.05, 0) is 64.0 Å². The minimum Gasteiger partial charge on any atom is -0.488 e. The minimum atomic E-state index is -0.440. The zero-order valence-corrected chi connectivity index (χ0v) is 17.3. The number of halogens is 1. The number of carbonyl (C=O) groups is 1. The summed E-state index contributed by atoms with van der Waals surface area (Å²) in [6, 6.07) is 13.7. The van der Waals surface area contributed by atoms with E-state index in [1.54, 1.807) is 11.6 Å². The van der Waals surface area contributed by atoms with E-state index in [0.29, 0.717) is 17.5 Å². The summed E-state index contributed by atoms with van der Waals surface area (Å²) in [5.41, 5.74) is 4.80. The molecule has 2 aromatic rings. The molecule has 2 aromatic carbocycles. The van der Waals surface area contributed by atoms with E-state index in [2.05, 4.69) is 32.1 Å². The summed E-state index contributed by atoms with van der Waals surface area (Å²) in [5, 5.41) is 14.0. The molecule has 2 aliphatic rings. The van der Waals surface area contributed by atoms with Crippen molar-refractivity contribution in [2.75, 3.05) is 0 Å². The molecule has 4 rings (SSSR count). The van der Waals surface area contributed by atoms with Crippen molar-refractivity contribution in [1.82, 2.24) is 5.01 Å². The molecule has 8 heteroatoms. The highest BCUT2D eigenvalue weighted by Crippen LogP contribution is 2.29. The van der Waals surface area contributed by atoms with Gasteiger partial charge in [-0.3, -0.25) is 10.2 Å². The Morgan fingerprint density at radius 1 is 1.29 bits per heavy atom. The number of benzene rings is 2. The molecule has 140 valence electrons. The van der Waals surface area contributed by atoms with Gasteiger partial charge < -0.3 is 4.74 Å². The highest BCUT2D eigenvalue weighted by Gasteiger charge is 2.32. The van der Waals surface area contributed by atoms with Gasteiger partial charge in [-0.1, -0.05) is 35.9 Å². The van der Waals surface area contributed by atoms with E-state index in [4.69, 9.17) is 10.1 Å². The van der Waals surface area contributed by atoms with E-state index in [1.165, 1.54) is 22.3 Å². The van der Waals surface area contributed by atoms with Crippen molar-refractivity contribution in [2.24, 2.45) is 10.1 Å². The van der Waals surface area contributed by atoms with Gasteiger partial charge in [0.1, 0.15) is 12.4 Å². The van der Waals surface area contributed by atoms with Crippen LogP contribution >= 0.6 is 27.7 Å². The number of aliphatic imine (C=N–C) groups is 1. The number of aryl methyl sites for hydroxylation is 1. The number of hydrazone groups is 1. The van der Waals surface area contributed by atoms with E-state index in [9.17, 15) is 4.79 Å². The predicted octanol–water partition coefficient (Wildman–Crippen LogP) is 4.59. The van der Waals surface area contributed by atoms with Crippen molar-refractivity contribution in [3.63, 3.8) is 0 Å². The summed E-state index contributed by atoms with van der Waals surface area (Å²) in [5.74, 6) is 0.284. The number of ether oxygens (including phenoxy) is 1. The first-order valence-corrected chi connectivity index (χ1v) is 10.1. The number of hydrogen-bond acceptors (Lipinski definition) is 5. The molecule has 0 saturated heterocycles. The Bertz CT molecular complexity index is 1080. The van der Waals surface area contributed by atoms with Crippen LogP contribution in [0.5, 0.6) is 5.75 Å². The lowest BCUT2D eigenvalue weighted by atomic mass is 10.1. The number of amidine groups is 2. The second-order valence-corrected chi connectivity index (χ2v) is 7.89. The molecule has 28 heavy (non-hydrogen) atoms. The maximum Gasteiger partial charge on any atom is 0.283 e. The highest BCUT2D eigenvalue weighted by atomic mass is 79.9. The molecular formula is C20H15BrN4O2S. The van der Waals surface area contributed by atoms with Gasteiger partial charge >= 0.3 is 0 Å². The molecule has 0 unspecified atom stereocenters. The Morgan fingerprint density at radius 2 is 2.14 bits per heavy atom. The summed E-state index contributed by atoms with van der Waals surface area (Å²) in [6.45, 7) is 2.51. The molecule has 0 aromatic heterocycles. The topological polar surface area (TPSA) is 78.1 Å². The Labute approximate surface area is 174 Å². The maximum atomic E-state index is 12.3. The normalized spacial score (nSPS) is 17.1. The lowest BCUT2D eigenvalue weighted by molar-refractivity contribution is -0.114. The lowest BCUT2D eigenvalue weighted by Crippen LogP contribution is -2.35. The van der Waals surface area contributed by atoms with Crippen molar-refractivity contribution < 1.29 is 9.53 Å². The van der Waals surface area contributed by atoms with Gasteiger partial charge in [-0.15, -0.1) is 0 Å². The third kappa shape index (κ3) is 3.79.